The third-order valence-electron chi connectivity index (χ3n) is 3.44. The number of benzene rings is 1. The molecule has 1 fully saturated rings. The molecule has 0 unspecified atom stereocenters. The largest absolute Gasteiger partial charge is 0.378 e. The molecule has 0 atom stereocenters. The van der Waals surface area contributed by atoms with Crippen molar-refractivity contribution in [1.29, 1.82) is 0 Å². The molecular weight excluding hydrogens is 272 g/mol. The molecule has 1 saturated heterocycles. The lowest BCUT2D eigenvalue weighted by Crippen LogP contribution is -2.37. The predicted octanol–water partition coefficient (Wildman–Crippen LogP) is 2.52. The van der Waals surface area contributed by atoms with Crippen LogP contribution in [-0.4, -0.2) is 36.5 Å². The molecule has 5 nitrogen and oxygen atoms in total. The summed E-state index contributed by atoms with van der Waals surface area (Å²) in [7, 11) is 0. The average molecular weight is 286 g/mol. The molecule has 0 bridgehead atoms. The number of hydrogen-bond donors (Lipinski definition) is 1. The van der Waals surface area contributed by atoms with Gasteiger partial charge in [-0.25, -0.2) is 0 Å². The number of nitrogens with one attached hydrogen (secondary N) is 1. The number of morpholine rings is 1. The van der Waals surface area contributed by atoms with Gasteiger partial charge in [0.05, 0.1) is 23.8 Å². The van der Waals surface area contributed by atoms with Gasteiger partial charge in [0.2, 0.25) is 0 Å². The van der Waals surface area contributed by atoms with Gasteiger partial charge in [-0.2, -0.15) is 0 Å². The Hall–Kier alpha value is -1.79. The Labute approximate surface area is 121 Å². The maximum absolute atomic E-state index is 5.37. The first kappa shape index (κ1) is 12.0. The Kier molecular flexibility index (Phi) is 2.97. The second kappa shape index (κ2) is 4.96. The molecule has 1 aromatic heterocycles. The van der Waals surface area contributed by atoms with Crippen LogP contribution in [0.5, 0.6) is 0 Å². The fourth-order valence-electron chi connectivity index (χ4n) is 2.38. The summed E-state index contributed by atoms with van der Waals surface area (Å²) in [5.74, 6) is 1.77. The second-order valence-electron chi connectivity index (χ2n) is 4.74. The van der Waals surface area contributed by atoms with Crippen LogP contribution in [0, 0.1) is 0 Å². The molecule has 0 aliphatic carbocycles. The Bertz CT molecular complexity index is 643. The van der Waals surface area contributed by atoms with Gasteiger partial charge >= 0.3 is 0 Å². The lowest BCUT2D eigenvalue weighted by atomic mass is 10.3. The highest BCUT2D eigenvalue weighted by Gasteiger charge is 2.20. The van der Waals surface area contributed by atoms with Crippen LogP contribution in [0.4, 0.5) is 17.3 Å². The first-order valence-electron chi connectivity index (χ1n) is 6.64. The van der Waals surface area contributed by atoms with Gasteiger partial charge in [-0.15, -0.1) is 10.2 Å². The lowest BCUT2D eigenvalue weighted by Gasteiger charge is -2.28. The number of para-hydroxylation sites is 1. The van der Waals surface area contributed by atoms with Crippen molar-refractivity contribution in [3.05, 3.63) is 30.3 Å². The second-order valence-corrected chi connectivity index (χ2v) is 5.82. The Morgan fingerprint density at radius 3 is 2.85 bits per heavy atom. The van der Waals surface area contributed by atoms with E-state index in [-0.39, 0.29) is 0 Å². The Morgan fingerprint density at radius 1 is 1.10 bits per heavy atom. The molecule has 0 radical (unpaired) electrons. The topological polar surface area (TPSA) is 50.3 Å². The van der Waals surface area contributed by atoms with Crippen LogP contribution in [0.1, 0.15) is 0 Å². The molecule has 1 N–H and O–H groups in total. The minimum absolute atomic E-state index is 0.757. The Morgan fingerprint density at radius 2 is 1.95 bits per heavy atom. The minimum atomic E-state index is 0.757. The van der Waals surface area contributed by atoms with Gasteiger partial charge < -0.3 is 15.0 Å². The van der Waals surface area contributed by atoms with E-state index in [1.54, 1.807) is 11.8 Å². The van der Waals surface area contributed by atoms with E-state index in [1.165, 1.54) is 4.90 Å². The van der Waals surface area contributed by atoms with Crippen LogP contribution in [-0.2, 0) is 4.74 Å². The summed E-state index contributed by atoms with van der Waals surface area (Å²) in [5, 5.41) is 12.0. The molecule has 0 amide bonds. The minimum Gasteiger partial charge on any atom is -0.378 e. The van der Waals surface area contributed by atoms with Crippen LogP contribution in [0.25, 0.3) is 0 Å². The fraction of sp³-hybridized carbons (Fsp3) is 0.286. The van der Waals surface area contributed by atoms with Crippen molar-refractivity contribution < 1.29 is 4.74 Å². The standard InChI is InChI=1S/C14H14N4OS/c1-2-4-11-10(3-1)15-14-12(20-11)9-13(16-17-14)18-5-7-19-8-6-18/h1-4,9H,5-8H2,(H,15,17). The number of ether oxygens (including phenoxy) is 1. The van der Waals surface area contributed by atoms with E-state index in [1.807, 2.05) is 6.07 Å². The van der Waals surface area contributed by atoms with Crippen LogP contribution < -0.4 is 10.2 Å². The molecule has 102 valence electrons. The maximum atomic E-state index is 5.37. The van der Waals surface area contributed by atoms with Crippen LogP contribution in [0.3, 0.4) is 0 Å². The zero-order valence-electron chi connectivity index (χ0n) is 10.9. The number of aromatic nitrogens is 2. The number of rotatable bonds is 1. The lowest BCUT2D eigenvalue weighted by molar-refractivity contribution is 0.122. The normalized spacial score (nSPS) is 17.1. The number of anilines is 3. The van der Waals surface area contributed by atoms with Crippen LogP contribution >= 0.6 is 11.8 Å². The summed E-state index contributed by atoms with van der Waals surface area (Å²) in [5.41, 5.74) is 1.10. The van der Waals surface area contributed by atoms with E-state index in [0.717, 1.165) is 48.5 Å². The monoisotopic (exact) mass is 286 g/mol. The van der Waals surface area contributed by atoms with E-state index in [4.69, 9.17) is 4.74 Å². The molecule has 2 aliphatic rings. The third-order valence-corrected chi connectivity index (χ3v) is 4.55. The zero-order valence-corrected chi connectivity index (χ0v) is 11.7. The summed E-state index contributed by atoms with van der Waals surface area (Å²) in [4.78, 5) is 4.57. The van der Waals surface area contributed by atoms with Gasteiger partial charge in [-0.1, -0.05) is 23.9 Å². The smallest absolute Gasteiger partial charge is 0.167 e. The first-order chi connectivity index (χ1) is 9.90. The van der Waals surface area contributed by atoms with Gasteiger partial charge in [0.1, 0.15) is 0 Å². The molecular formula is C14H14N4OS. The quantitative estimate of drug-likeness (QED) is 0.742. The molecule has 1 aromatic carbocycles. The molecule has 0 saturated carbocycles. The van der Waals surface area contributed by atoms with E-state index < -0.39 is 0 Å². The molecule has 2 aromatic rings. The van der Waals surface area contributed by atoms with Gasteiger partial charge in [-0.05, 0) is 12.1 Å². The summed E-state index contributed by atoms with van der Waals surface area (Å²) in [6.45, 7) is 3.27. The van der Waals surface area contributed by atoms with Gasteiger partial charge in [0.25, 0.3) is 0 Å². The van der Waals surface area contributed by atoms with E-state index in [0.29, 0.717) is 0 Å². The van der Waals surface area contributed by atoms with Crippen molar-refractivity contribution in [1.82, 2.24) is 10.2 Å². The molecule has 6 heteroatoms. The van der Waals surface area contributed by atoms with Gasteiger partial charge in [0.15, 0.2) is 11.6 Å². The average Bonchev–Trinajstić information content (AvgIpc) is 2.53. The molecule has 0 spiro atoms. The molecule has 3 heterocycles. The fourth-order valence-corrected chi connectivity index (χ4v) is 3.35. The molecule has 20 heavy (non-hydrogen) atoms. The highest BCUT2D eigenvalue weighted by molar-refractivity contribution is 7.99. The van der Waals surface area contributed by atoms with Crippen molar-refractivity contribution in [3.8, 4) is 0 Å². The number of nitrogens with zero attached hydrogens (tertiary/aromatic N) is 3. The zero-order chi connectivity index (χ0) is 13.4. The predicted molar refractivity (Wildman–Crippen MR) is 78.9 cm³/mol. The summed E-state index contributed by atoms with van der Waals surface area (Å²) < 4.78 is 5.37. The van der Waals surface area contributed by atoms with Crippen molar-refractivity contribution >= 4 is 29.1 Å². The maximum Gasteiger partial charge on any atom is 0.167 e. The third kappa shape index (κ3) is 2.10. The molecule has 2 aliphatic heterocycles. The number of fused-ring (bicyclic) bond motifs is 2. The van der Waals surface area contributed by atoms with E-state index in [9.17, 15) is 0 Å². The van der Waals surface area contributed by atoms with Gasteiger partial charge in [-0.3, -0.25) is 0 Å². The highest BCUT2D eigenvalue weighted by Crippen LogP contribution is 2.43. The SMILES string of the molecule is c1ccc2c(c1)Nc1nnc(N3CCOCC3)cc1S2. The number of hydrogen-bond acceptors (Lipinski definition) is 6. The van der Waals surface area contributed by atoms with Crippen molar-refractivity contribution in [2.75, 3.05) is 36.5 Å². The summed E-state index contributed by atoms with van der Waals surface area (Å²) in [6.07, 6.45) is 0. The van der Waals surface area contributed by atoms with Crippen molar-refractivity contribution in [2.45, 2.75) is 9.79 Å². The van der Waals surface area contributed by atoms with E-state index >= 15 is 0 Å². The summed E-state index contributed by atoms with van der Waals surface area (Å²) in [6, 6.07) is 10.4. The summed E-state index contributed by atoms with van der Waals surface area (Å²) >= 11 is 1.74. The molecule has 4 rings (SSSR count). The first-order valence-corrected chi connectivity index (χ1v) is 7.46. The van der Waals surface area contributed by atoms with Crippen LogP contribution in [0.2, 0.25) is 0 Å². The van der Waals surface area contributed by atoms with Gasteiger partial charge in [0, 0.05) is 24.1 Å². The van der Waals surface area contributed by atoms with Crippen molar-refractivity contribution in [2.24, 2.45) is 0 Å². The van der Waals surface area contributed by atoms with E-state index in [2.05, 4.69) is 44.7 Å². The van der Waals surface area contributed by atoms with Crippen molar-refractivity contribution in [3.63, 3.8) is 0 Å². The highest BCUT2D eigenvalue weighted by atomic mass is 32.2. The van der Waals surface area contributed by atoms with Crippen LogP contribution in [0.15, 0.2) is 40.1 Å². The Balaban J connectivity index is 1.65.